The van der Waals surface area contributed by atoms with E-state index in [-0.39, 0.29) is 0 Å². The van der Waals surface area contributed by atoms with Crippen LogP contribution in [-0.4, -0.2) is 0 Å². The molecule has 1 aromatic rings. The van der Waals surface area contributed by atoms with Crippen molar-refractivity contribution in [1.29, 1.82) is 0 Å². The van der Waals surface area contributed by atoms with Crippen molar-refractivity contribution in [3.8, 4) is 0 Å². The quantitative estimate of drug-likeness (QED) is 0.631. The molecule has 2 aliphatic carbocycles. The van der Waals surface area contributed by atoms with E-state index >= 15 is 0 Å². The molecule has 2 saturated carbocycles. The van der Waals surface area contributed by atoms with Crippen molar-refractivity contribution in [2.24, 2.45) is 11.8 Å². The summed E-state index contributed by atoms with van der Waals surface area (Å²) in [6.07, 6.45) is 13.5. The van der Waals surface area contributed by atoms with Gasteiger partial charge in [0.1, 0.15) is 0 Å². The summed E-state index contributed by atoms with van der Waals surface area (Å²) >= 11 is 0. The average Bonchev–Trinajstić information content (AvgIpc) is 2.41. The SMILES string of the molecule is Fc1ccc([C@H]2CC[C@H](/C=C/C3CCC3)CC2)cc1F. The van der Waals surface area contributed by atoms with Gasteiger partial charge in [-0.05, 0) is 74.0 Å². The predicted molar refractivity (Wildman–Crippen MR) is 77.5 cm³/mol. The summed E-state index contributed by atoms with van der Waals surface area (Å²) in [4.78, 5) is 0. The third-order valence-electron chi connectivity index (χ3n) is 4.99. The van der Waals surface area contributed by atoms with Gasteiger partial charge < -0.3 is 0 Å². The number of benzene rings is 1. The normalized spacial score (nSPS) is 27.7. The van der Waals surface area contributed by atoms with Gasteiger partial charge in [-0.2, -0.15) is 0 Å². The molecule has 108 valence electrons. The lowest BCUT2D eigenvalue weighted by molar-refractivity contribution is 0.361. The van der Waals surface area contributed by atoms with E-state index in [9.17, 15) is 8.78 Å². The average molecular weight is 276 g/mol. The number of halogens is 2. The van der Waals surface area contributed by atoms with Crippen molar-refractivity contribution in [2.75, 3.05) is 0 Å². The second kappa shape index (κ2) is 6.07. The Balaban J connectivity index is 1.54. The Morgan fingerprint density at radius 1 is 0.800 bits per heavy atom. The minimum Gasteiger partial charge on any atom is -0.204 e. The molecule has 0 spiro atoms. The topological polar surface area (TPSA) is 0 Å². The van der Waals surface area contributed by atoms with Gasteiger partial charge in [0.05, 0.1) is 0 Å². The molecule has 0 N–H and O–H groups in total. The minimum absolute atomic E-state index is 0.401. The molecular weight excluding hydrogens is 254 g/mol. The largest absolute Gasteiger partial charge is 0.204 e. The molecule has 0 nitrogen and oxygen atoms in total. The van der Waals surface area contributed by atoms with Crippen LogP contribution in [0.2, 0.25) is 0 Å². The zero-order valence-corrected chi connectivity index (χ0v) is 11.8. The fraction of sp³-hybridized carbons (Fsp3) is 0.556. The first-order chi connectivity index (χ1) is 9.72. The molecule has 0 unspecified atom stereocenters. The lowest BCUT2D eigenvalue weighted by atomic mass is 9.77. The smallest absolute Gasteiger partial charge is 0.159 e. The zero-order valence-electron chi connectivity index (χ0n) is 11.8. The Morgan fingerprint density at radius 3 is 2.00 bits per heavy atom. The van der Waals surface area contributed by atoms with Crippen LogP contribution in [0.25, 0.3) is 0 Å². The summed E-state index contributed by atoms with van der Waals surface area (Å²) in [5.74, 6) is 0.467. The van der Waals surface area contributed by atoms with E-state index in [1.165, 1.54) is 44.2 Å². The van der Waals surface area contributed by atoms with Gasteiger partial charge in [-0.25, -0.2) is 8.78 Å². The third-order valence-corrected chi connectivity index (χ3v) is 4.99. The van der Waals surface area contributed by atoms with E-state index in [1.54, 1.807) is 6.07 Å². The van der Waals surface area contributed by atoms with Gasteiger partial charge in [-0.3, -0.25) is 0 Å². The number of rotatable bonds is 3. The van der Waals surface area contributed by atoms with E-state index in [0.717, 1.165) is 24.3 Å². The summed E-state index contributed by atoms with van der Waals surface area (Å²) in [5.41, 5.74) is 0.963. The van der Waals surface area contributed by atoms with Crippen LogP contribution in [0.1, 0.15) is 56.4 Å². The van der Waals surface area contributed by atoms with Crippen LogP contribution in [0.4, 0.5) is 8.78 Å². The maximum Gasteiger partial charge on any atom is 0.159 e. The molecule has 0 aliphatic heterocycles. The molecule has 3 rings (SSSR count). The Morgan fingerprint density at radius 2 is 1.45 bits per heavy atom. The van der Waals surface area contributed by atoms with Gasteiger partial charge in [-0.15, -0.1) is 0 Å². The molecule has 0 heterocycles. The molecule has 20 heavy (non-hydrogen) atoms. The first-order valence-corrected chi connectivity index (χ1v) is 7.85. The van der Waals surface area contributed by atoms with Gasteiger partial charge in [0.2, 0.25) is 0 Å². The van der Waals surface area contributed by atoms with Crippen LogP contribution in [0.15, 0.2) is 30.4 Å². The van der Waals surface area contributed by atoms with Crippen molar-refractivity contribution in [2.45, 2.75) is 50.9 Å². The predicted octanol–water partition coefficient (Wildman–Crippen LogP) is 5.59. The summed E-state index contributed by atoms with van der Waals surface area (Å²) in [5, 5.41) is 0. The van der Waals surface area contributed by atoms with Crippen molar-refractivity contribution in [1.82, 2.24) is 0 Å². The molecule has 1 aromatic carbocycles. The number of allylic oxidation sites excluding steroid dienone is 2. The standard InChI is InChI=1S/C18H22F2/c19-17-11-10-16(12-18(17)20)15-8-6-14(7-9-15)5-4-13-2-1-3-13/h4-5,10-15H,1-3,6-9H2/b5-4+/t14-,15-. The van der Waals surface area contributed by atoms with Gasteiger partial charge in [0.25, 0.3) is 0 Å². The highest BCUT2D eigenvalue weighted by molar-refractivity contribution is 5.22. The van der Waals surface area contributed by atoms with E-state index in [2.05, 4.69) is 12.2 Å². The van der Waals surface area contributed by atoms with Gasteiger partial charge >= 0.3 is 0 Å². The molecule has 0 atom stereocenters. The van der Waals surface area contributed by atoms with E-state index in [0.29, 0.717) is 11.8 Å². The summed E-state index contributed by atoms with van der Waals surface area (Å²) in [6.45, 7) is 0. The first kappa shape index (κ1) is 13.8. The molecule has 0 bridgehead atoms. The van der Waals surface area contributed by atoms with E-state index < -0.39 is 11.6 Å². The van der Waals surface area contributed by atoms with Crippen LogP contribution in [-0.2, 0) is 0 Å². The molecule has 0 saturated heterocycles. The zero-order chi connectivity index (χ0) is 13.9. The van der Waals surface area contributed by atoms with Crippen LogP contribution in [0.5, 0.6) is 0 Å². The maximum absolute atomic E-state index is 13.3. The van der Waals surface area contributed by atoms with Gasteiger partial charge in [-0.1, -0.05) is 24.6 Å². The molecular formula is C18H22F2. The highest BCUT2D eigenvalue weighted by Crippen LogP contribution is 2.37. The summed E-state index contributed by atoms with van der Waals surface area (Å²) in [6, 6.07) is 4.38. The highest BCUT2D eigenvalue weighted by atomic mass is 19.2. The van der Waals surface area contributed by atoms with Crippen LogP contribution in [0.3, 0.4) is 0 Å². The van der Waals surface area contributed by atoms with Gasteiger partial charge in [0.15, 0.2) is 11.6 Å². The van der Waals surface area contributed by atoms with Crippen LogP contribution >= 0.6 is 0 Å². The van der Waals surface area contributed by atoms with Gasteiger partial charge in [0, 0.05) is 0 Å². The Hall–Kier alpha value is -1.18. The van der Waals surface area contributed by atoms with E-state index in [1.807, 2.05) is 0 Å². The molecule has 2 aliphatic rings. The first-order valence-electron chi connectivity index (χ1n) is 7.85. The summed E-state index contributed by atoms with van der Waals surface area (Å²) in [7, 11) is 0. The summed E-state index contributed by atoms with van der Waals surface area (Å²) < 4.78 is 26.2. The molecule has 0 aromatic heterocycles. The monoisotopic (exact) mass is 276 g/mol. The van der Waals surface area contributed by atoms with Crippen molar-refractivity contribution in [3.63, 3.8) is 0 Å². The van der Waals surface area contributed by atoms with Crippen LogP contribution in [0, 0.1) is 23.5 Å². The van der Waals surface area contributed by atoms with E-state index in [4.69, 9.17) is 0 Å². The molecule has 0 radical (unpaired) electrons. The Labute approximate surface area is 119 Å². The third kappa shape index (κ3) is 3.11. The Kier molecular flexibility index (Phi) is 4.18. The molecule has 2 fully saturated rings. The Bertz CT molecular complexity index is 480. The van der Waals surface area contributed by atoms with Crippen molar-refractivity contribution >= 4 is 0 Å². The van der Waals surface area contributed by atoms with Crippen molar-refractivity contribution < 1.29 is 8.78 Å². The highest BCUT2D eigenvalue weighted by Gasteiger charge is 2.22. The lowest BCUT2D eigenvalue weighted by Gasteiger charge is -2.28. The maximum atomic E-state index is 13.3. The minimum atomic E-state index is -0.745. The van der Waals surface area contributed by atoms with Crippen LogP contribution < -0.4 is 0 Å². The molecule has 0 amide bonds. The lowest BCUT2D eigenvalue weighted by Crippen LogP contribution is -2.13. The second-order valence-electron chi connectivity index (χ2n) is 6.36. The number of hydrogen-bond donors (Lipinski definition) is 0. The fourth-order valence-corrected chi connectivity index (χ4v) is 3.36. The number of hydrogen-bond acceptors (Lipinski definition) is 0. The van der Waals surface area contributed by atoms with Crippen molar-refractivity contribution in [3.05, 3.63) is 47.5 Å². The fourth-order valence-electron chi connectivity index (χ4n) is 3.36. The molecule has 2 heteroatoms. The second-order valence-corrected chi connectivity index (χ2v) is 6.36.